The van der Waals surface area contributed by atoms with Gasteiger partial charge >= 0.3 is 0 Å². The molecule has 0 nitrogen and oxygen atoms in total. The van der Waals surface area contributed by atoms with Crippen LogP contribution in [0.2, 0.25) is 0 Å². The summed E-state index contributed by atoms with van der Waals surface area (Å²) < 4.78 is 0. The van der Waals surface area contributed by atoms with E-state index in [4.69, 9.17) is 0 Å². The monoisotopic (exact) mass is 410 g/mol. The maximum Gasteiger partial charge on any atom is -0.0101 e. The van der Waals surface area contributed by atoms with Crippen LogP contribution in [0.4, 0.5) is 0 Å². The lowest BCUT2D eigenvalue weighted by atomic mass is 9.53. The lowest BCUT2D eigenvalue weighted by Crippen LogP contribution is -2.42. The van der Waals surface area contributed by atoms with E-state index in [1.165, 1.54) is 24.0 Å². The molecule has 1 aromatic carbocycles. The third-order valence-electron chi connectivity index (χ3n) is 7.49. The molecule has 0 radical (unpaired) electrons. The quantitative estimate of drug-likeness (QED) is 0.374. The zero-order valence-corrected chi connectivity index (χ0v) is 22.2. The van der Waals surface area contributed by atoms with E-state index >= 15 is 0 Å². The van der Waals surface area contributed by atoms with Gasteiger partial charge in [-0.05, 0) is 65.7 Å². The molecular formula is C30H50. The van der Waals surface area contributed by atoms with E-state index in [0.717, 1.165) is 0 Å². The highest BCUT2D eigenvalue weighted by atomic mass is 14.5. The zero-order chi connectivity index (χ0) is 23.4. The summed E-state index contributed by atoms with van der Waals surface area (Å²) in [5.41, 5.74) is 3.85. The number of hydrogen-bond acceptors (Lipinski definition) is 0. The summed E-state index contributed by atoms with van der Waals surface area (Å²) in [5.74, 6) is 1.07. The van der Waals surface area contributed by atoms with Crippen LogP contribution in [0.15, 0.2) is 54.1 Å². The van der Waals surface area contributed by atoms with Crippen LogP contribution in [0, 0.1) is 27.6 Å². The highest BCUT2D eigenvalue weighted by Gasteiger charge is 2.46. The van der Waals surface area contributed by atoms with Gasteiger partial charge in [0.25, 0.3) is 0 Å². The molecule has 0 N–H and O–H groups in total. The van der Waals surface area contributed by atoms with E-state index in [1.54, 1.807) is 0 Å². The second-order valence-electron chi connectivity index (χ2n) is 12.9. The molecule has 30 heavy (non-hydrogen) atoms. The van der Waals surface area contributed by atoms with E-state index in [1.807, 2.05) is 0 Å². The average molecular weight is 411 g/mol. The minimum absolute atomic E-state index is 0.159. The summed E-state index contributed by atoms with van der Waals surface area (Å²) >= 11 is 0. The van der Waals surface area contributed by atoms with Gasteiger partial charge in [0.15, 0.2) is 0 Å². The van der Waals surface area contributed by atoms with Gasteiger partial charge in [-0.3, -0.25) is 0 Å². The van der Waals surface area contributed by atoms with Crippen LogP contribution in [-0.4, -0.2) is 0 Å². The summed E-state index contributed by atoms with van der Waals surface area (Å²) in [5, 5.41) is 0. The van der Waals surface area contributed by atoms with E-state index in [9.17, 15) is 0 Å². The molecule has 0 aliphatic rings. The molecule has 0 heteroatoms. The SMILES string of the molecule is C/C=C\C=C(/C)C(CC(C)(C)C(C)(C)C(CC(C)(C)C)c1ccccc1)C(C)(C)C. The normalized spacial score (nSPS) is 16.7. The highest BCUT2D eigenvalue weighted by molar-refractivity contribution is 5.24. The maximum atomic E-state index is 2.51. The fraction of sp³-hybridized carbons (Fsp3) is 0.667. The molecule has 0 spiro atoms. The van der Waals surface area contributed by atoms with Crippen molar-refractivity contribution in [1.82, 2.24) is 0 Å². The predicted molar refractivity (Wildman–Crippen MR) is 137 cm³/mol. The number of allylic oxidation sites excluding steroid dienone is 4. The highest BCUT2D eigenvalue weighted by Crippen LogP contribution is 2.57. The van der Waals surface area contributed by atoms with E-state index in [0.29, 0.717) is 17.3 Å². The smallest absolute Gasteiger partial charge is 0.0101 e. The van der Waals surface area contributed by atoms with Crippen molar-refractivity contribution in [2.75, 3.05) is 0 Å². The predicted octanol–water partition coefficient (Wildman–Crippen LogP) is 9.83. The van der Waals surface area contributed by atoms with E-state index in [-0.39, 0.29) is 16.2 Å². The number of benzene rings is 1. The standard InChI is InChI=1S/C30H50/c1-13-14-18-23(2)25(28(6,7)8)22-29(9,10)30(11,12)26(21-27(3,4)5)24-19-16-15-17-20-24/h13-20,25-26H,21-22H2,1-12H3/b14-13-,23-18+. The molecule has 1 aromatic rings. The van der Waals surface area contributed by atoms with Gasteiger partial charge in [-0.2, -0.15) is 0 Å². The summed E-state index contributed by atoms with van der Waals surface area (Å²) in [6.45, 7) is 28.8. The Balaban J connectivity index is 3.42. The molecule has 0 heterocycles. The van der Waals surface area contributed by atoms with Crippen molar-refractivity contribution in [3.8, 4) is 0 Å². The van der Waals surface area contributed by atoms with Gasteiger partial charge in [-0.15, -0.1) is 0 Å². The molecule has 2 unspecified atom stereocenters. The average Bonchev–Trinajstić information content (AvgIpc) is 2.61. The molecule has 1 rings (SSSR count). The first-order valence-corrected chi connectivity index (χ1v) is 11.9. The van der Waals surface area contributed by atoms with Crippen LogP contribution in [0.5, 0.6) is 0 Å². The van der Waals surface area contributed by atoms with E-state index in [2.05, 4.69) is 132 Å². The van der Waals surface area contributed by atoms with Gasteiger partial charge in [-0.1, -0.05) is 123 Å². The Morgan fingerprint density at radius 3 is 1.80 bits per heavy atom. The number of hydrogen-bond donors (Lipinski definition) is 0. The van der Waals surface area contributed by atoms with Crippen LogP contribution < -0.4 is 0 Å². The largest absolute Gasteiger partial charge is 0.0877 e. The van der Waals surface area contributed by atoms with Crippen LogP contribution in [-0.2, 0) is 0 Å². The Bertz CT molecular complexity index is 699. The molecule has 2 atom stereocenters. The molecular weight excluding hydrogens is 360 g/mol. The molecule has 0 bridgehead atoms. The Kier molecular flexibility index (Phi) is 8.81. The van der Waals surface area contributed by atoms with Crippen molar-refractivity contribution in [1.29, 1.82) is 0 Å². The van der Waals surface area contributed by atoms with Gasteiger partial charge in [0.05, 0.1) is 0 Å². The Morgan fingerprint density at radius 2 is 1.37 bits per heavy atom. The van der Waals surface area contributed by atoms with E-state index < -0.39 is 0 Å². The van der Waals surface area contributed by atoms with Crippen LogP contribution in [0.1, 0.15) is 107 Å². The van der Waals surface area contributed by atoms with Gasteiger partial charge in [0.1, 0.15) is 0 Å². The first-order chi connectivity index (χ1) is 13.5. The van der Waals surface area contributed by atoms with Crippen molar-refractivity contribution < 1.29 is 0 Å². The fourth-order valence-corrected chi connectivity index (χ4v) is 4.85. The van der Waals surface area contributed by atoms with Crippen LogP contribution in [0.3, 0.4) is 0 Å². The first kappa shape index (κ1) is 26.7. The second-order valence-corrected chi connectivity index (χ2v) is 12.9. The Hall–Kier alpha value is -1.30. The van der Waals surface area contributed by atoms with Crippen molar-refractivity contribution in [3.05, 3.63) is 59.7 Å². The van der Waals surface area contributed by atoms with Crippen LogP contribution >= 0.6 is 0 Å². The van der Waals surface area contributed by atoms with Crippen molar-refractivity contribution in [2.45, 2.75) is 102 Å². The van der Waals surface area contributed by atoms with Crippen LogP contribution in [0.25, 0.3) is 0 Å². The van der Waals surface area contributed by atoms with Crippen molar-refractivity contribution >= 4 is 0 Å². The second kappa shape index (κ2) is 9.88. The molecule has 0 aliphatic heterocycles. The molecule has 170 valence electrons. The van der Waals surface area contributed by atoms with Gasteiger partial charge < -0.3 is 0 Å². The minimum Gasteiger partial charge on any atom is -0.0877 e. The summed E-state index contributed by atoms with van der Waals surface area (Å²) in [6.07, 6.45) is 9.03. The fourth-order valence-electron chi connectivity index (χ4n) is 4.85. The number of rotatable bonds is 8. The van der Waals surface area contributed by atoms with Gasteiger partial charge in [0, 0.05) is 0 Å². The third-order valence-corrected chi connectivity index (χ3v) is 7.49. The Morgan fingerprint density at radius 1 is 0.833 bits per heavy atom. The molecule has 0 aliphatic carbocycles. The minimum atomic E-state index is 0.159. The topological polar surface area (TPSA) is 0 Å². The lowest BCUT2D eigenvalue weighted by Gasteiger charge is -2.52. The summed E-state index contributed by atoms with van der Waals surface area (Å²) in [7, 11) is 0. The molecule has 0 fully saturated rings. The van der Waals surface area contributed by atoms with Crippen molar-refractivity contribution in [3.63, 3.8) is 0 Å². The molecule has 0 saturated carbocycles. The zero-order valence-electron chi connectivity index (χ0n) is 22.2. The third kappa shape index (κ3) is 7.14. The molecule has 0 amide bonds. The van der Waals surface area contributed by atoms with Crippen molar-refractivity contribution in [2.24, 2.45) is 27.6 Å². The Labute approximate surface area is 189 Å². The molecule has 0 aromatic heterocycles. The van der Waals surface area contributed by atoms with Gasteiger partial charge in [0.2, 0.25) is 0 Å². The lowest BCUT2D eigenvalue weighted by molar-refractivity contribution is 0.0228. The summed E-state index contributed by atoms with van der Waals surface area (Å²) in [6, 6.07) is 11.2. The first-order valence-electron chi connectivity index (χ1n) is 11.9. The molecule has 0 saturated heterocycles. The maximum absolute atomic E-state index is 2.51. The summed E-state index contributed by atoms with van der Waals surface area (Å²) in [4.78, 5) is 0. The van der Waals surface area contributed by atoms with Gasteiger partial charge in [-0.25, -0.2) is 0 Å².